The minimum Gasteiger partial charge on any atom is -0.379 e. The van der Waals surface area contributed by atoms with Crippen LogP contribution < -0.4 is 10.2 Å². The van der Waals surface area contributed by atoms with E-state index in [4.69, 9.17) is 0 Å². The van der Waals surface area contributed by atoms with Gasteiger partial charge in [0.1, 0.15) is 31.2 Å². The summed E-state index contributed by atoms with van der Waals surface area (Å²) in [6, 6.07) is 5.22. The number of aliphatic hydroxyl groups excluding tert-OH is 4. The van der Waals surface area contributed by atoms with E-state index >= 15 is 0 Å². The molecular formula is C20H29N3O5. The third-order valence-corrected chi connectivity index (χ3v) is 6.45. The predicted molar refractivity (Wildman–Crippen MR) is 102 cm³/mol. The van der Waals surface area contributed by atoms with Gasteiger partial charge in [-0.15, -0.1) is 0 Å². The summed E-state index contributed by atoms with van der Waals surface area (Å²) >= 11 is 0. The quantitative estimate of drug-likeness (QED) is 0.462. The first kappa shape index (κ1) is 19.8. The van der Waals surface area contributed by atoms with Gasteiger partial charge in [0.15, 0.2) is 0 Å². The molecule has 0 aliphatic carbocycles. The maximum absolute atomic E-state index is 10.9. The zero-order valence-corrected chi connectivity index (χ0v) is 15.8. The maximum Gasteiger partial charge on any atom is 0.136 e. The molecule has 5 unspecified atom stereocenters. The van der Waals surface area contributed by atoms with Crippen molar-refractivity contribution in [3.05, 3.63) is 29.3 Å². The second-order valence-corrected chi connectivity index (χ2v) is 8.11. The predicted octanol–water partition coefficient (Wildman–Crippen LogP) is 0.178. The molecule has 5 N–H and O–H groups in total. The molecular weight excluding hydrogens is 362 g/mol. The molecule has 3 aliphatic heterocycles. The molecule has 8 heteroatoms. The Hall–Kier alpha value is -1.55. The van der Waals surface area contributed by atoms with E-state index < -0.39 is 31.0 Å². The molecule has 0 amide bonds. The lowest BCUT2D eigenvalue weighted by Gasteiger charge is -2.40. The van der Waals surface area contributed by atoms with Crippen LogP contribution in [0.1, 0.15) is 55.7 Å². The van der Waals surface area contributed by atoms with Crippen LogP contribution in [-0.4, -0.2) is 63.2 Å². The SMILES string of the molecule is O=CCC1CCN(c2ccc3c(c2)C(O)N(C2CCC(O)NC2O)C3O)CC1. The first-order valence-corrected chi connectivity index (χ1v) is 10.1. The number of rotatable bonds is 4. The minimum absolute atomic E-state index is 0.439. The zero-order valence-electron chi connectivity index (χ0n) is 15.8. The van der Waals surface area contributed by atoms with Gasteiger partial charge in [0.25, 0.3) is 0 Å². The van der Waals surface area contributed by atoms with E-state index in [1.165, 1.54) is 4.90 Å². The number of hydrogen-bond donors (Lipinski definition) is 5. The lowest BCUT2D eigenvalue weighted by molar-refractivity contribution is -0.159. The van der Waals surface area contributed by atoms with Gasteiger partial charge in [-0.05, 0) is 43.7 Å². The average Bonchev–Trinajstić information content (AvgIpc) is 2.93. The molecule has 0 saturated carbocycles. The summed E-state index contributed by atoms with van der Waals surface area (Å²) in [6.07, 6.45) is 0.620. The molecule has 1 aromatic rings. The fourth-order valence-corrected chi connectivity index (χ4v) is 4.79. The van der Waals surface area contributed by atoms with Crippen LogP contribution in [0.25, 0.3) is 0 Å². The fraction of sp³-hybridized carbons (Fsp3) is 0.650. The Kier molecular flexibility index (Phi) is 5.69. The number of piperidine rings is 2. The summed E-state index contributed by atoms with van der Waals surface area (Å²) in [7, 11) is 0. The number of carbonyl (C=O) groups excluding carboxylic acids is 1. The van der Waals surface area contributed by atoms with Gasteiger partial charge in [0.2, 0.25) is 0 Å². The first-order chi connectivity index (χ1) is 13.5. The van der Waals surface area contributed by atoms with Gasteiger partial charge in [-0.3, -0.25) is 5.32 Å². The lowest BCUT2D eigenvalue weighted by atomic mass is 9.93. The Balaban J connectivity index is 1.50. The number of benzene rings is 1. The van der Waals surface area contributed by atoms with Crippen LogP contribution in [0.4, 0.5) is 5.69 Å². The third-order valence-electron chi connectivity index (χ3n) is 6.45. The normalized spacial score (nSPS) is 34.4. The van der Waals surface area contributed by atoms with Gasteiger partial charge in [-0.2, -0.15) is 0 Å². The summed E-state index contributed by atoms with van der Waals surface area (Å²) < 4.78 is 0. The minimum atomic E-state index is -1.03. The van der Waals surface area contributed by atoms with Crippen LogP contribution in [0.15, 0.2) is 18.2 Å². The van der Waals surface area contributed by atoms with Gasteiger partial charge in [0, 0.05) is 36.3 Å². The number of aliphatic hydroxyl groups is 4. The standard InChI is InChI=1S/C20H29N3O5/c24-10-7-12-5-8-22(9-6-12)13-1-2-14-15(11-13)20(28)23(19(14)27)16-3-4-17(25)21-18(16)26/h1-2,10-12,16-21,25-28H,3-9H2. The highest BCUT2D eigenvalue weighted by Crippen LogP contribution is 2.44. The molecule has 3 heterocycles. The van der Waals surface area contributed by atoms with E-state index in [0.29, 0.717) is 36.3 Å². The molecule has 0 spiro atoms. The molecule has 5 atom stereocenters. The topological polar surface area (TPSA) is 117 Å². The highest BCUT2D eigenvalue weighted by molar-refractivity contribution is 5.54. The van der Waals surface area contributed by atoms with Crippen molar-refractivity contribution in [2.45, 2.75) is 63.1 Å². The summed E-state index contributed by atoms with van der Waals surface area (Å²) in [5, 5.41) is 44.2. The van der Waals surface area contributed by atoms with Gasteiger partial charge < -0.3 is 30.1 Å². The number of hydrogen-bond acceptors (Lipinski definition) is 8. The average molecular weight is 391 g/mol. The van der Waals surface area contributed by atoms with E-state index in [1.807, 2.05) is 18.2 Å². The molecule has 154 valence electrons. The smallest absolute Gasteiger partial charge is 0.136 e. The summed E-state index contributed by atoms with van der Waals surface area (Å²) in [5.41, 5.74) is 2.29. The monoisotopic (exact) mass is 391 g/mol. The van der Waals surface area contributed by atoms with Crippen molar-refractivity contribution < 1.29 is 25.2 Å². The third kappa shape index (κ3) is 3.56. The lowest BCUT2D eigenvalue weighted by Crippen LogP contribution is -2.57. The highest BCUT2D eigenvalue weighted by Gasteiger charge is 2.44. The Morgan fingerprint density at radius 3 is 2.39 bits per heavy atom. The molecule has 1 aromatic carbocycles. The van der Waals surface area contributed by atoms with Crippen molar-refractivity contribution in [3.63, 3.8) is 0 Å². The molecule has 3 aliphatic rings. The molecule has 2 fully saturated rings. The summed E-state index contributed by atoms with van der Waals surface area (Å²) in [4.78, 5) is 14.5. The van der Waals surface area contributed by atoms with E-state index in [-0.39, 0.29) is 0 Å². The first-order valence-electron chi connectivity index (χ1n) is 10.1. The second-order valence-electron chi connectivity index (χ2n) is 8.11. The Morgan fingerprint density at radius 1 is 1.00 bits per heavy atom. The summed E-state index contributed by atoms with van der Waals surface area (Å²) in [6.45, 7) is 1.73. The number of nitrogens with zero attached hydrogens (tertiary/aromatic N) is 2. The Bertz CT molecular complexity index is 709. The van der Waals surface area contributed by atoms with Gasteiger partial charge in [-0.25, -0.2) is 4.90 Å². The van der Waals surface area contributed by atoms with Crippen molar-refractivity contribution >= 4 is 12.0 Å². The number of aldehydes is 1. The largest absolute Gasteiger partial charge is 0.379 e. The van der Waals surface area contributed by atoms with E-state index in [1.54, 1.807) is 0 Å². The van der Waals surface area contributed by atoms with E-state index in [2.05, 4.69) is 10.2 Å². The van der Waals surface area contributed by atoms with Crippen LogP contribution in [0.5, 0.6) is 0 Å². The van der Waals surface area contributed by atoms with Crippen molar-refractivity contribution in [1.29, 1.82) is 0 Å². The van der Waals surface area contributed by atoms with Crippen LogP contribution in [-0.2, 0) is 4.79 Å². The number of carbonyl (C=O) groups is 1. The van der Waals surface area contributed by atoms with Crippen LogP contribution in [0.2, 0.25) is 0 Å². The molecule has 8 nitrogen and oxygen atoms in total. The van der Waals surface area contributed by atoms with Gasteiger partial charge in [0.05, 0.1) is 6.04 Å². The van der Waals surface area contributed by atoms with Crippen LogP contribution in [0, 0.1) is 5.92 Å². The molecule has 28 heavy (non-hydrogen) atoms. The molecule has 0 radical (unpaired) electrons. The van der Waals surface area contributed by atoms with Gasteiger partial charge >= 0.3 is 0 Å². The number of anilines is 1. The van der Waals surface area contributed by atoms with Crippen molar-refractivity contribution in [2.24, 2.45) is 5.92 Å². The number of fused-ring (bicyclic) bond motifs is 1. The van der Waals surface area contributed by atoms with Crippen LogP contribution in [0.3, 0.4) is 0 Å². The Morgan fingerprint density at radius 2 is 1.71 bits per heavy atom. The molecule has 0 aromatic heterocycles. The molecule has 4 rings (SSSR count). The van der Waals surface area contributed by atoms with Crippen molar-refractivity contribution in [2.75, 3.05) is 18.0 Å². The number of nitrogens with one attached hydrogen (secondary N) is 1. The van der Waals surface area contributed by atoms with Crippen LogP contribution >= 0.6 is 0 Å². The second kappa shape index (κ2) is 8.06. The van der Waals surface area contributed by atoms with E-state index in [0.717, 1.165) is 37.9 Å². The van der Waals surface area contributed by atoms with Crippen molar-refractivity contribution in [3.8, 4) is 0 Å². The summed E-state index contributed by atoms with van der Waals surface area (Å²) in [5.74, 6) is 0.446. The maximum atomic E-state index is 10.9. The van der Waals surface area contributed by atoms with Gasteiger partial charge in [-0.1, -0.05) is 6.07 Å². The molecule has 2 saturated heterocycles. The van der Waals surface area contributed by atoms with E-state index in [9.17, 15) is 25.2 Å². The zero-order chi connectivity index (χ0) is 19.8. The Labute approximate surface area is 164 Å². The molecule has 0 bridgehead atoms. The highest BCUT2D eigenvalue weighted by atomic mass is 16.3. The fourth-order valence-electron chi connectivity index (χ4n) is 4.79. The van der Waals surface area contributed by atoms with Crippen molar-refractivity contribution in [1.82, 2.24) is 10.2 Å².